The average Bonchev–Trinajstić information content (AvgIpc) is 3.41. The number of hydrogen-bond donors (Lipinski definition) is 5. The van der Waals surface area contributed by atoms with Crippen molar-refractivity contribution >= 4 is 45.5 Å². The summed E-state index contributed by atoms with van der Waals surface area (Å²) in [6.45, 7) is 2.35. The summed E-state index contributed by atoms with van der Waals surface area (Å²) in [4.78, 5) is 16.6. The second kappa shape index (κ2) is 9.23. The van der Waals surface area contributed by atoms with Crippen molar-refractivity contribution in [1.29, 1.82) is 0 Å². The third kappa shape index (κ3) is 5.45. The second-order valence-electron chi connectivity index (χ2n) is 6.71. The van der Waals surface area contributed by atoms with Gasteiger partial charge in [0.15, 0.2) is 5.13 Å². The minimum atomic E-state index is -0.204. The molecule has 4 rings (SSSR count). The third-order valence-electron chi connectivity index (χ3n) is 4.50. The Labute approximate surface area is 177 Å². The topological polar surface area (TPSA) is 90.1 Å². The van der Waals surface area contributed by atoms with Crippen LogP contribution in [0.5, 0.6) is 0 Å². The monoisotopic (exact) mass is 428 g/mol. The van der Waals surface area contributed by atoms with E-state index in [9.17, 15) is 4.79 Å². The molecule has 1 aliphatic rings. The number of urea groups is 1. The van der Waals surface area contributed by atoms with Crippen LogP contribution < -0.4 is 26.8 Å². The van der Waals surface area contributed by atoms with Crippen molar-refractivity contribution in [1.82, 2.24) is 21.2 Å². The van der Waals surface area contributed by atoms with Crippen LogP contribution in [-0.4, -0.2) is 30.6 Å². The van der Waals surface area contributed by atoms with Crippen LogP contribution in [0.25, 0.3) is 11.3 Å². The fourth-order valence-corrected chi connectivity index (χ4v) is 3.77. The van der Waals surface area contributed by atoms with Crippen molar-refractivity contribution in [2.45, 2.75) is 0 Å². The summed E-state index contributed by atoms with van der Waals surface area (Å²) in [6.07, 6.45) is 0. The van der Waals surface area contributed by atoms with Crippen molar-refractivity contribution in [3.8, 4) is 11.3 Å². The summed E-state index contributed by atoms with van der Waals surface area (Å²) >= 11 is 7.47. The number of hydrogen-bond acceptors (Lipinski definition) is 6. The maximum atomic E-state index is 12.0. The molecule has 3 aromatic rings. The first-order valence-electron chi connectivity index (χ1n) is 9.25. The average molecular weight is 429 g/mol. The number of aromatic nitrogens is 1. The van der Waals surface area contributed by atoms with Gasteiger partial charge in [0, 0.05) is 52.9 Å². The zero-order valence-corrected chi connectivity index (χ0v) is 17.1. The van der Waals surface area contributed by atoms with Crippen LogP contribution in [0.4, 0.5) is 21.3 Å². The van der Waals surface area contributed by atoms with Gasteiger partial charge in [-0.3, -0.25) is 10.9 Å². The Morgan fingerprint density at radius 2 is 1.76 bits per heavy atom. The second-order valence-corrected chi connectivity index (χ2v) is 8.00. The molecule has 2 aromatic carbocycles. The molecule has 0 spiro atoms. The molecule has 7 nitrogen and oxygen atoms in total. The summed E-state index contributed by atoms with van der Waals surface area (Å²) in [7, 11) is 0. The highest BCUT2D eigenvalue weighted by atomic mass is 35.5. The Hall–Kier alpha value is -2.65. The number of carbonyl (C=O) groups is 1. The van der Waals surface area contributed by atoms with Crippen molar-refractivity contribution in [3.05, 3.63) is 58.9 Å². The zero-order valence-electron chi connectivity index (χ0n) is 15.5. The maximum absolute atomic E-state index is 12.0. The number of nitrogens with zero attached hydrogens (tertiary/aromatic N) is 1. The lowest BCUT2D eigenvalue weighted by Crippen LogP contribution is -2.34. The summed E-state index contributed by atoms with van der Waals surface area (Å²) in [5.41, 5.74) is 9.65. The van der Waals surface area contributed by atoms with Gasteiger partial charge in [0.2, 0.25) is 0 Å². The molecule has 1 aliphatic heterocycles. The van der Waals surface area contributed by atoms with Gasteiger partial charge in [-0.15, -0.1) is 11.3 Å². The Morgan fingerprint density at radius 1 is 1.07 bits per heavy atom. The maximum Gasteiger partial charge on any atom is 0.319 e. The Bertz CT molecular complexity index is 954. The van der Waals surface area contributed by atoms with Gasteiger partial charge in [-0.2, -0.15) is 0 Å². The van der Waals surface area contributed by atoms with Crippen molar-refractivity contribution in [3.63, 3.8) is 0 Å². The lowest BCUT2D eigenvalue weighted by Gasteiger charge is -2.11. The number of rotatable bonds is 6. The standard InChI is InChI=1S/C20H21ClN6OS/c21-15-3-1-14(2-4-15)18-12-29-20(27-18)26-17-7-5-16(6-8-17)25-19(28)22-9-13-10-23-24-11-13/h1-8,12-13,23-24H,9-11H2,(H,26,27)(H2,22,25,28). The van der Waals surface area contributed by atoms with E-state index in [0.717, 1.165) is 40.9 Å². The van der Waals surface area contributed by atoms with E-state index < -0.39 is 0 Å². The molecule has 150 valence electrons. The van der Waals surface area contributed by atoms with Crippen molar-refractivity contribution in [2.24, 2.45) is 5.92 Å². The quantitative estimate of drug-likeness (QED) is 0.408. The van der Waals surface area contributed by atoms with Gasteiger partial charge >= 0.3 is 6.03 Å². The molecule has 2 amide bonds. The Kier molecular flexibility index (Phi) is 6.26. The SMILES string of the molecule is O=C(NCC1CNNC1)Nc1ccc(Nc2nc(-c3ccc(Cl)cc3)cs2)cc1. The molecule has 0 radical (unpaired) electrons. The molecule has 29 heavy (non-hydrogen) atoms. The Morgan fingerprint density at radius 3 is 2.48 bits per heavy atom. The molecule has 0 aliphatic carbocycles. The van der Waals surface area contributed by atoms with Gasteiger partial charge in [-0.05, 0) is 36.4 Å². The van der Waals surface area contributed by atoms with E-state index in [4.69, 9.17) is 11.6 Å². The van der Waals surface area contributed by atoms with Gasteiger partial charge in [-0.25, -0.2) is 9.78 Å². The van der Waals surface area contributed by atoms with Gasteiger partial charge < -0.3 is 16.0 Å². The van der Waals surface area contributed by atoms with E-state index in [-0.39, 0.29) is 6.03 Å². The normalized spacial score (nSPS) is 14.0. The lowest BCUT2D eigenvalue weighted by atomic mass is 10.2. The lowest BCUT2D eigenvalue weighted by molar-refractivity contribution is 0.250. The van der Waals surface area contributed by atoms with E-state index in [1.54, 1.807) is 0 Å². The predicted octanol–water partition coefficient (Wildman–Crippen LogP) is 4.05. The smallest absolute Gasteiger partial charge is 0.319 e. The zero-order chi connectivity index (χ0) is 20.1. The number of carbonyl (C=O) groups excluding carboxylic acids is 1. The van der Waals surface area contributed by atoms with Crippen LogP contribution >= 0.6 is 22.9 Å². The van der Waals surface area contributed by atoms with Crippen LogP contribution in [-0.2, 0) is 0 Å². The number of anilines is 3. The fraction of sp³-hybridized carbons (Fsp3) is 0.200. The molecule has 0 atom stereocenters. The summed E-state index contributed by atoms with van der Waals surface area (Å²) in [6, 6.07) is 14.9. The highest BCUT2D eigenvalue weighted by Gasteiger charge is 2.14. The van der Waals surface area contributed by atoms with Crippen molar-refractivity contribution < 1.29 is 4.79 Å². The predicted molar refractivity (Wildman–Crippen MR) is 119 cm³/mol. The first kappa shape index (κ1) is 19.7. The summed E-state index contributed by atoms with van der Waals surface area (Å²) in [5, 5.41) is 12.5. The highest BCUT2D eigenvalue weighted by Crippen LogP contribution is 2.28. The number of hydrazine groups is 1. The molecule has 2 heterocycles. The van der Waals surface area contributed by atoms with E-state index in [2.05, 4.69) is 31.8 Å². The van der Waals surface area contributed by atoms with Gasteiger partial charge in [0.05, 0.1) is 5.69 Å². The van der Waals surface area contributed by atoms with Crippen LogP contribution in [0.3, 0.4) is 0 Å². The van der Waals surface area contributed by atoms with E-state index in [0.29, 0.717) is 17.5 Å². The molecule has 1 aromatic heterocycles. The number of nitrogens with one attached hydrogen (secondary N) is 5. The van der Waals surface area contributed by atoms with E-state index >= 15 is 0 Å². The largest absolute Gasteiger partial charge is 0.337 e. The molecule has 0 unspecified atom stereocenters. The van der Waals surface area contributed by atoms with Crippen LogP contribution in [0.1, 0.15) is 0 Å². The minimum absolute atomic E-state index is 0.204. The molecule has 0 saturated carbocycles. The third-order valence-corrected chi connectivity index (χ3v) is 5.51. The molecule has 1 saturated heterocycles. The number of amides is 2. The molecule has 5 N–H and O–H groups in total. The van der Waals surface area contributed by atoms with Gasteiger partial charge in [0.1, 0.15) is 0 Å². The van der Waals surface area contributed by atoms with Crippen LogP contribution in [0.2, 0.25) is 5.02 Å². The molecule has 0 bridgehead atoms. The minimum Gasteiger partial charge on any atom is -0.337 e. The molecule has 9 heteroatoms. The Balaban J connectivity index is 1.30. The van der Waals surface area contributed by atoms with E-state index in [1.807, 2.05) is 53.9 Å². The van der Waals surface area contributed by atoms with Gasteiger partial charge in [-0.1, -0.05) is 23.7 Å². The number of halogens is 1. The summed E-state index contributed by atoms with van der Waals surface area (Å²) < 4.78 is 0. The number of benzene rings is 2. The first-order chi connectivity index (χ1) is 14.2. The van der Waals surface area contributed by atoms with Gasteiger partial charge in [0.25, 0.3) is 0 Å². The molecular weight excluding hydrogens is 408 g/mol. The van der Waals surface area contributed by atoms with Crippen LogP contribution in [0, 0.1) is 5.92 Å². The first-order valence-corrected chi connectivity index (χ1v) is 10.5. The summed E-state index contributed by atoms with van der Waals surface area (Å²) in [5.74, 6) is 0.406. The molecule has 1 fully saturated rings. The van der Waals surface area contributed by atoms with Crippen LogP contribution in [0.15, 0.2) is 53.9 Å². The fourth-order valence-electron chi connectivity index (χ4n) is 2.91. The van der Waals surface area contributed by atoms with E-state index in [1.165, 1.54) is 11.3 Å². The molecular formula is C20H21ClN6OS. The van der Waals surface area contributed by atoms with Crippen molar-refractivity contribution in [2.75, 3.05) is 30.3 Å². The number of thiazole rings is 1. The highest BCUT2D eigenvalue weighted by molar-refractivity contribution is 7.14.